The molecule has 37 heavy (non-hydrogen) atoms. The van der Waals surface area contributed by atoms with Crippen LogP contribution in [0.1, 0.15) is 61.7 Å². The van der Waals surface area contributed by atoms with Crippen LogP contribution in [0.15, 0.2) is 41.3 Å². The van der Waals surface area contributed by atoms with Gasteiger partial charge in [-0.1, -0.05) is 0 Å². The Morgan fingerprint density at radius 1 is 1.11 bits per heavy atom. The van der Waals surface area contributed by atoms with Crippen molar-refractivity contribution in [2.24, 2.45) is 23.2 Å². The second-order valence-electron chi connectivity index (χ2n) is 11.4. The van der Waals surface area contributed by atoms with E-state index < -0.39 is 17.1 Å². The van der Waals surface area contributed by atoms with Gasteiger partial charge in [-0.3, -0.25) is 14.2 Å². The average molecular weight is 508 g/mol. The lowest BCUT2D eigenvalue weighted by Gasteiger charge is -2.45. The van der Waals surface area contributed by atoms with Gasteiger partial charge < -0.3 is 10.4 Å². The maximum Gasteiger partial charge on any atom is 0.201 e. The van der Waals surface area contributed by atoms with Crippen molar-refractivity contribution in [1.82, 2.24) is 9.55 Å². The van der Waals surface area contributed by atoms with Gasteiger partial charge in [0.1, 0.15) is 17.5 Å². The van der Waals surface area contributed by atoms with Gasteiger partial charge in [0.15, 0.2) is 11.4 Å². The molecule has 2 aromatic heterocycles. The Labute approximate surface area is 213 Å². The van der Waals surface area contributed by atoms with Gasteiger partial charge in [-0.15, -0.1) is 0 Å². The number of benzene rings is 1. The Hall–Kier alpha value is -3.13. The summed E-state index contributed by atoms with van der Waals surface area (Å²) in [5.41, 5.74) is -0.331. The molecule has 4 bridgehead atoms. The third kappa shape index (κ3) is 4.45. The molecular formula is C29H31F2N3O3. The van der Waals surface area contributed by atoms with E-state index in [4.69, 9.17) is 5.11 Å². The lowest BCUT2D eigenvalue weighted by Crippen LogP contribution is -2.36. The van der Waals surface area contributed by atoms with Gasteiger partial charge in [0.2, 0.25) is 5.43 Å². The molecule has 8 heteroatoms. The van der Waals surface area contributed by atoms with Crippen LogP contribution in [-0.4, -0.2) is 33.6 Å². The SMILES string of the molecule is O=C(CC12CCC3CC(CC(C3)C1)C2)c1cn(-c2ccc(F)cc2F)c2nc(NCCO)ccc2c1=O. The van der Waals surface area contributed by atoms with Crippen molar-refractivity contribution in [3.63, 3.8) is 0 Å². The fourth-order valence-corrected chi connectivity index (χ4v) is 7.51. The van der Waals surface area contributed by atoms with E-state index in [2.05, 4.69) is 10.3 Å². The monoisotopic (exact) mass is 507 g/mol. The average Bonchev–Trinajstić information content (AvgIpc) is 3.06. The van der Waals surface area contributed by atoms with Gasteiger partial charge in [0, 0.05) is 25.2 Å². The van der Waals surface area contributed by atoms with Crippen LogP contribution in [0.3, 0.4) is 0 Å². The van der Waals surface area contributed by atoms with Crippen molar-refractivity contribution >= 4 is 22.6 Å². The van der Waals surface area contributed by atoms with Crippen LogP contribution in [-0.2, 0) is 0 Å². The molecule has 1 aromatic carbocycles. The van der Waals surface area contributed by atoms with Gasteiger partial charge in [-0.2, -0.15) is 0 Å². The lowest BCUT2D eigenvalue weighted by molar-refractivity contribution is 0.0530. The molecule has 194 valence electrons. The molecule has 2 atom stereocenters. The molecule has 2 N–H and O–H groups in total. The van der Waals surface area contributed by atoms with E-state index in [1.807, 2.05) is 0 Å². The largest absolute Gasteiger partial charge is 0.395 e. The van der Waals surface area contributed by atoms with Crippen molar-refractivity contribution in [1.29, 1.82) is 0 Å². The predicted octanol–water partition coefficient (Wildman–Crippen LogP) is 5.25. The summed E-state index contributed by atoms with van der Waals surface area (Å²) in [5, 5.41) is 12.3. The highest BCUT2D eigenvalue weighted by molar-refractivity contribution is 5.99. The molecule has 4 aliphatic rings. The molecule has 0 radical (unpaired) electrons. The third-order valence-electron chi connectivity index (χ3n) is 8.80. The standard InChI is InChI=1S/C29H31F2N3O3/c30-20-1-3-24(23(31)12-20)34-16-22(27(37)21-2-4-26(32-7-8-35)33-28(21)34)25(36)15-29-6-5-17-9-18(13-29)11-19(10-17)14-29/h1-4,12,16-19,35H,5-11,13-15H2,(H,32,33). The maximum atomic E-state index is 14.9. The first-order valence-corrected chi connectivity index (χ1v) is 13.2. The number of rotatable bonds is 7. The number of fused-ring (bicyclic) bond motifs is 2. The summed E-state index contributed by atoms with van der Waals surface area (Å²) in [5.74, 6) is 0.732. The van der Waals surface area contributed by atoms with Gasteiger partial charge in [0.05, 0.1) is 23.2 Å². The van der Waals surface area contributed by atoms with Crippen LogP contribution in [0, 0.1) is 34.8 Å². The summed E-state index contributed by atoms with van der Waals surface area (Å²) in [7, 11) is 0. The molecule has 0 spiro atoms. The molecule has 0 saturated heterocycles. The molecule has 4 aliphatic carbocycles. The first-order chi connectivity index (χ1) is 17.8. The van der Waals surface area contributed by atoms with Crippen LogP contribution in [0.25, 0.3) is 16.7 Å². The van der Waals surface area contributed by atoms with Gasteiger partial charge in [0.25, 0.3) is 0 Å². The molecular weight excluding hydrogens is 476 g/mol. The van der Waals surface area contributed by atoms with Crippen LogP contribution in [0.4, 0.5) is 14.6 Å². The summed E-state index contributed by atoms with van der Waals surface area (Å²) in [6.07, 6.45) is 9.74. The zero-order valence-electron chi connectivity index (χ0n) is 20.7. The summed E-state index contributed by atoms with van der Waals surface area (Å²) in [6.45, 7) is 0.131. The predicted molar refractivity (Wildman–Crippen MR) is 137 cm³/mol. The summed E-state index contributed by atoms with van der Waals surface area (Å²) < 4.78 is 30.0. The Balaban J connectivity index is 1.44. The van der Waals surface area contributed by atoms with E-state index in [0.29, 0.717) is 24.1 Å². The lowest BCUT2D eigenvalue weighted by atomic mass is 9.60. The van der Waals surface area contributed by atoms with E-state index in [0.717, 1.165) is 43.7 Å². The number of anilines is 1. The second kappa shape index (κ2) is 9.31. The molecule has 4 fully saturated rings. The number of pyridine rings is 2. The fourth-order valence-electron chi connectivity index (χ4n) is 7.51. The topological polar surface area (TPSA) is 84.2 Å². The van der Waals surface area contributed by atoms with Crippen molar-refractivity contribution < 1.29 is 18.7 Å². The Morgan fingerprint density at radius 2 is 1.86 bits per heavy atom. The molecule has 2 heterocycles. The highest BCUT2D eigenvalue weighted by atomic mass is 19.1. The summed E-state index contributed by atoms with van der Waals surface area (Å²) in [6, 6.07) is 6.35. The van der Waals surface area contributed by atoms with E-state index >= 15 is 0 Å². The number of halogens is 2. The van der Waals surface area contributed by atoms with E-state index in [1.165, 1.54) is 36.1 Å². The number of nitrogens with zero attached hydrogens (tertiary/aromatic N) is 2. The minimum atomic E-state index is -0.823. The number of carbonyl (C=O) groups excluding carboxylic acids is 1. The number of hydrogen-bond donors (Lipinski definition) is 2. The molecule has 7 rings (SSSR count). The third-order valence-corrected chi connectivity index (χ3v) is 8.80. The number of Topliss-reactive ketones (excluding diaryl/α,β-unsaturated/α-hetero) is 1. The summed E-state index contributed by atoms with van der Waals surface area (Å²) in [4.78, 5) is 31.9. The van der Waals surface area contributed by atoms with Crippen molar-refractivity contribution in [3.8, 4) is 5.69 Å². The minimum absolute atomic E-state index is 0.00144. The van der Waals surface area contributed by atoms with Crippen LogP contribution in [0.5, 0.6) is 0 Å². The van der Waals surface area contributed by atoms with Gasteiger partial charge in [-0.05, 0) is 92.4 Å². The van der Waals surface area contributed by atoms with Crippen molar-refractivity contribution in [2.45, 2.75) is 51.4 Å². The number of hydrogen-bond acceptors (Lipinski definition) is 5. The Kier molecular flexibility index (Phi) is 6.10. The van der Waals surface area contributed by atoms with E-state index in [1.54, 1.807) is 12.1 Å². The zero-order chi connectivity index (χ0) is 25.7. The normalized spacial score (nSPS) is 26.4. The maximum absolute atomic E-state index is 14.9. The minimum Gasteiger partial charge on any atom is -0.395 e. The van der Waals surface area contributed by atoms with Gasteiger partial charge in [-0.25, -0.2) is 13.8 Å². The zero-order valence-corrected chi connectivity index (χ0v) is 20.7. The molecule has 3 aromatic rings. The van der Waals surface area contributed by atoms with Gasteiger partial charge >= 0.3 is 0 Å². The Morgan fingerprint density at radius 3 is 2.59 bits per heavy atom. The number of aliphatic hydroxyl groups is 1. The number of aromatic nitrogens is 2. The molecule has 0 amide bonds. The van der Waals surface area contributed by atoms with Crippen LogP contribution >= 0.6 is 0 Å². The number of ketones is 1. The highest BCUT2D eigenvalue weighted by Crippen LogP contribution is 2.58. The second-order valence-corrected chi connectivity index (χ2v) is 11.4. The molecule has 4 saturated carbocycles. The number of nitrogens with one attached hydrogen (secondary N) is 1. The van der Waals surface area contributed by atoms with Crippen LogP contribution < -0.4 is 10.7 Å². The smallest absolute Gasteiger partial charge is 0.201 e. The summed E-state index contributed by atoms with van der Waals surface area (Å²) >= 11 is 0. The number of aliphatic hydroxyl groups excluding tert-OH is 1. The first-order valence-electron chi connectivity index (χ1n) is 13.2. The molecule has 0 aliphatic heterocycles. The van der Waals surface area contributed by atoms with E-state index in [-0.39, 0.29) is 46.6 Å². The van der Waals surface area contributed by atoms with Crippen molar-refractivity contribution in [2.75, 3.05) is 18.5 Å². The Bertz CT molecular complexity index is 1420. The first kappa shape index (κ1) is 24.2. The quantitative estimate of drug-likeness (QED) is 0.427. The van der Waals surface area contributed by atoms with Crippen LogP contribution in [0.2, 0.25) is 0 Å². The number of carbonyl (C=O) groups is 1. The molecule has 6 nitrogen and oxygen atoms in total. The molecule has 2 unspecified atom stereocenters. The van der Waals surface area contributed by atoms with Crippen molar-refractivity contribution in [3.05, 3.63) is 63.9 Å². The fraction of sp³-hybridized carbons (Fsp3) is 0.483. The highest BCUT2D eigenvalue weighted by Gasteiger charge is 2.48. The van der Waals surface area contributed by atoms with E-state index in [9.17, 15) is 18.4 Å².